The highest BCUT2D eigenvalue weighted by molar-refractivity contribution is 9.10. The molecule has 0 fully saturated rings. The van der Waals surface area contributed by atoms with E-state index >= 15 is 0 Å². The zero-order valence-electron chi connectivity index (χ0n) is 14.8. The number of likely N-dealkylation sites (N-methyl/N-ethyl adjacent to an activating group) is 1. The van der Waals surface area contributed by atoms with Crippen LogP contribution in [0.1, 0.15) is 12.2 Å². The number of anilines is 1. The first-order valence-corrected chi connectivity index (χ1v) is 9.03. The minimum Gasteiger partial charge on any atom is -0.465 e. The summed E-state index contributed by atoms with van der Waals surface area (Å²) in [4.78, 5) is 37.1. The van der Waals surface area contributed by atoms with Crippen LogP contribution >= 0.6 is 15.9 Å². The molecule has 0 saturated heterocycles. The van der Waals surface area contributed by atoms with Gasteiger partial charge >= 0.3 is 0 Å². The monoisotopic (exact) mass is 433 g/mol. The van der Waals surface area contributed by atoms with Gasteiger partial charge in [-0.25, -0.2) is 0 Å². The third-order valence-electron chi connectivity index (χ3n) is 3.53. The molecular weight excluding hydrogens is 414 g/mol. The fourth-order valence-corrected chi connectivity index (χ4v) is 2.53. The summed E-state index contributed by atoms with van der Waals surface area (Å²) < 4.78 is 5.84. The molecule has 27 heavy (non-hydrogen) atoms. The minimum atomic E-state index is -0.325. The van der Waals surface area contributed by atoms with Gasteiger partial charge in [0.15, 0.2) is 0 Å². The van der Waals surface area contributed by atoms with Crippen molar-refractivity contribution in [2.75, 3.05) is 25.5 Å². The van der Waals surface area contributed by atoms with E-state index in [1.165, 1.54) is 23.3 Å². The van der Waals surface area contributed by atoms with Crippen molar-refractivity contribution in [2.24, 2.45) is 0 Å². The molecule has 2 aromatic rings. The molecule has 1 aromatic carbocycles. The number of benzene rings is 1. The van der Waals surface area contributed by atoms with Gasteiger partial charge in [0.2, 0.25) is 17.7 Å². The van der Waals surface area contributed by atoms with Crippen molar-refractivity contribution in [2.45, 2.75) is 6.42 Å². The first kappa shape index (κ1) is 20.4. The zero-order valence-corrected chi connectivity index (χ0v) is 16.4. The number of rotatable bonds is 8. The van der Waals surface area contributed by atoms with E-state index in [1.807, 2.05) is 12.1 Å². The molecule has 2 N–H and O–H groups in total. The summed E-state index contributed by atoms with van der Waals surface area (Å²) in [6, 6.07) is 10.7. The number of furan rings is 1. The van der Waals surface area contributed by atoms with Gasteiger partial charge in [0.05, 0.1) is 18.5 Å². The smallest absolute Gasteiger partial charge is 0.244 e. The Morgan fingerprint density at radius 1 is 1.19 bits per heavy atom. The maximum atomic E-state index is 12.1. The van der Waals surface area contributed by atoms with Crippen molar-refractivity contribution in [3.63, 3.8) is 0 Å². The molecule has 0 aliphatic carbocycles. The molecular formula is C19H20BrN3O4. The number of carbonyl (C=O) groups is 3. The number of para-hydroxylation sites is 1. The minimum absolute atomic E-state index is 0.0769. The quantitative estimate of drug-likeness (QED) is 0.625. The highest BCUT2D eigenvalue weighted by Crippen LogP contribution is 2.20. The van der Waals surface area contributed by atoms with E-state index in [-0.39, 0.29) is 37.2 Å². The average molecular weight is 434 g/mol. The molecule has 8 heteroatoms. The van der Waals surface area contributed by atoms with Crippen molar-refractivity contribution in [1.29, 1.82) is 0 Å². The molecule has 0 aliphatic heterocycles. The molecule has 142 valence electrons. The van der Waals surface area contributed by atoms with Crippen molar-refractivity contribution in [1.82, 2.24) is 10.2 Å². The number of hydrogen-bond donors (Lipinski definition) is 2. The van der Waals surface area contributed by atoms with Crippen LogP contribution in [-0.4, -0.2) is 42.8 Å². The Morgan fingerprint density at radius 2 is 1.96 bits per heavy atom. The van der Waals surface area contributed by atoms with E-state index in [0.29, 0.717) is 11.4 Å². The fourth-order valence-electron chi connectivity index (χ4n) is 2.14. The third kappa shape index (κ3) is 7.10. The second-order valence-corrected chi connectivity index (χ2v) is 6.52. The largest absolute Gasteiger partial charge is 0.465 e. The van der Waals surface area contributed by atoms with Crippen LogP contribution in [-0.2, 0) is 14.4 Å². The summed E-state index contributed by atoms with van der Waals surface area (Å²) in [5.41, 5.74) is 0.638. The van der Waals surface area contributed by atoms with Gasteiger partial charge in [-0.05, 0) is 46.3 Å². The van der Waals surface area contributed by atoms with Gasteiger partial charge in [-0.3, -0.25) is 14.4 Å². The van der Waals surface area contributed by atoms with Crippen LogP contribution < -0.4 is 10.6 Å². The average Bonchev–Trinajstić information content (AvgIpc) is 3.15. The predicted molar refractivity (Wildman–Crippen MR) is 106 cm³/mol. The van der Waals surface area contributed by atoms with E-state index in [2.05, 4.69) is 26.6 Å². The number of carbonyl (C=O) groups excluding carboxylic acids is 3. The first-order valence-electron chi connectivity index (χ1n) is 8.23. The Bertz CT molecular complexity index is 818. The van der Waals surface area contributed by atoms with Crippen LogP contribution in [0.5, 0.6) is 0 Å². The van der Waals surface area contributed by atoms with Gasteiger partial charge < -0.3 is 20.0 Å². The van der Waals surface area contributed by atoms with Crippen molar-refractivity contribution < 1.29 is 18.8 Å². The topological polar surface area (TPSA) is 91.7 Å². The second-order valence-electron chi connectivity index (χ2n) is 5.67. The summed E-state index contributed by atoms with van der Waals surface area (Å²) in [7, 11) is 1.54. The van der Waals surface area contributed by atoms with Gasteiger partial charge in [0.25, 0.3) is 0 Å². The van der Waals surface area contributed by atoms with Crippen LogP contribution in [0.3, 0.4) is 0 Å². The van der Waals surface area contributed by atoms with E-state index in [1.54, 1.807) is 31.3 Å². The van der Waals surface area contributed by atoms with Gasteiger partial charge in [0, 0.05) is 30.6 Å². The van der Waals surface area contributed by atoms with Crippen LogP contribution in [0.25, 0.3) is 6.08 Å². The predicted octanol–water partition coefficient (Wildman–Crippen LogP) is 2.66. The van der Waals surface area contributed by atoms with E-state index in [0.717, 1.165) is 4.47 Å². The standard InChI is InChI=1S/C19H20BrN3O4/c1-23(13-18(25)22-16-7-3-2-6-15(16)20)19(26)10-11-21-17(24)9-8-14-5-4-12-27-14/h2-9,12H,10-11,13H2,1H3,(H,21,24)(H,22,25)/b9-8+. The molecule has 2 rings (SSSR count). The number of hydrogen-bond acceptors (Lipinski definition) is 4. The third-order valence-corrected chi connectivity index (χ3v) is 4.23. The molecule has 1 aromatic heterocycles. The van der Waals surface area contributed by atoms with Crippen molar-refractivity contribution in [3.05, 3.63) is 59.0 Å². The first-order chi connectivity index (χ1) is 13.0. The SMILES string of the molecule is CN(CC(=O)Nc1ccccc1Br)C(=O)CCNC(=O)/C=C/c1ccco1. The Balaban J connectivity index is 1.69. The molecule has 0 bridgehead atoms. The van der Waals surface area contributed by atoms with Gasteiger partial charge in [0.1, 0.15) is 5.76 Å². The Hall–Kier alpha value is -2.87. The van der Waals surface area contributed by atoms with E-state index in [9.17, 15) is 14.4 Å². The fraction of sp³-hybridized carbons (Fsp3) is 0.211. The molecule has 3 amide bonds. The highest BCUT2D eigenvalue weighted by Gasteiger charge is 2.13. The number of halogens is 1. The van der Waals surface area contributed by atoms with E-state index < -0.39 is 0 Å². The van der Waals surface area contributed by atoms with Crippen molar-refractivity contribution in [3.8, 4) is 0 Å². The molecule has 7 nitrogen and oxygen atoms in total. The van der Waals surface area contributed by atoms with Crippen LogP contribution in [0.4, 0.5) is 5.69 Å². The van der Waals surface area contributed by atoms with E-state index in [4.69, 9.17) is 4.42 Å². The number of nitrogens with one attached hydrogen (secondary N) is 2. The lowest BCUT2D eigenvalue weighted by molar-refractivity contribution is -0.133. The summed E-state index contributed by atoms with van der Waals surface area (Å²) in [6.45, 7) is 0.100. The summed E-state index contributed by atoms with van der Waals surface area (Å²) >= 11 is 3.35. The Morgan fingerprint density at radius 3 is 2.67 bits per heavy atom. The summed E-state index contributed by atoms with van der Waals surface area (Å²) in [5, 5.41) is 5.34. The molecule has 0 unspecified atom stereocenters. The Labute approximate surface area is 165 Å². The number of amides is 3. The molecule has 0 aliphatic rings. The van der Waals surface area contributed by atoms with Crippen molar-refractivity contribution >= 4 is 45.4 Å². The summed E-state index contributed by atoms with van der Waals surface area (Å²) in [5.74, 6) is -0.304. The number of nitrogens with zero attached hydrogens (tertiary/aromatic N) is 1. The normalized spacial score (nSPS) is 10.6. The molecule has 0 spiro atoms. The lowest BCUT2D eigenvalue weighted by Gasteiger charge is -2.17. The molecule has 0 atom stereocenters. The van der Waals surface area contributed by atoms with Gasteiger partial charge in [-0.1, -0.05) is 12.1 Å². The second kappa shape index (κ2) is 10.3. The molecule has 0 saturated carbocycles. The maximum absolute atomic E-state index is 12.1. The Kier molecular flexibility index (Phi) is 7.81. The van der Waals surface area contributed by atoms with Crippen LogP contribution in [0.15, 0.2) is 57.6 Å². The lowest BCUT2D eigenvalue weighted by Crippen LogP contribution is -2.36. The van der Waals surface area contributed by atoms with Gasteiger partial charge in [-0.15, -0.1) is 0 Å². The highest BCUT2D eigenvalue weighted by atomic mass is 79.9. The van der Waals surface area contributed by atoms with Gasteiger partial charge in [-0.2, -0.15) is 0 Å². The molecule has 1 heterocycles. The van der Waals surface area contributed by atoms with Crippen LogP contribution in [0, 0.1) is 0 Å². The lowest BCUT2D eigenvalue weighted by atomic mass is 10.3. The summed E-state index contributed by atoms with van der Waals surface area (Å²) in [6.07, 6.45) is 4.48. The van der Waals surface area contributed by atoms with Crippen LogP contribution in [0.2, 0.25) is 0 Å². The molecule has 0 radical (unpaired) electrons. The maximum Gasteiger partial charge on any atom is 0.244 e. The zero-order chi connectivity index (χ0) is 19.6.